The van der Waals surface area contributed by atoms with E-state index in [1.54, 1.807) is 18.3 Å². The zero-order chi connectivity index (χ0) is 15.5. The quantitative estimate of drug-likeness (QED) is 0.894. The van der Waals surface area contributed by atoms with Crippen molar-refractivity contribution in [3.05, 3.63) is 44.9 Å². The van der Waals surface area contributed by atoms with Crippen molar-refractivity contribution in [3.63, 3.8) is 0 Å². The third-order valence-electron chi connectivity index (χ3n) is 3.38. The molecule has 0 aliphatic carbocycles. The van der Waals surface area contributed by atoms with E-state index in [0.29, 0.717) is 28.2 Å². The van der Waals surface area contributed by atoms with Crippen LogP contribution >= 0.6 is 34.5 Å². The highest BCUT2D eigenvalue weighted by atomic mass is 35.5. The Balaban J connectivity index is 1.65. The van der Waals surface area contributed by atoms with Gasteiger partial charge in [-0.15, -0.1) is 11.3 Å². The normalized spacial score (nSPS) is 17.6. The van der Waals surface area contributed by atoms with Gasteiger partial charge in [0.05, 0.1) is 0 Å². The van der Waals surface area contributed by atoms with E-state index < -0.39 is 0 Å². The SMILES string of the molecule is O=C(Nc1ncc(Cc2cc(Cl)ccc2Cl)s1)[C@H]1CCCO1. The fourth-order valence-corrected chi connectivity index (χ4v) is 3.50. The van der Waals surface area contributed by atoms with Gasteiger partial charge in [0.1, 0.15) is 6.10 Å². The molecule has 116 valence electrons. The number of hydrogen-bond donors (Lipinski definition) is 1. The van der Waals surface area contributed by atoms with Gasteiger partial charge in [0.25, 0.3) is 5.91 Å². The van der Waals surface area contributed by atoms with Crippen molar-refractivity contribution in [1.82, 2.24) is 4.98 Å². The molecule has 1 aliphatic heterocycles. The second kappa shape index (κ2) is 6.96. The van der Waals surface area contributed by atoms with Crippen LogP contribution in [0.3, 0.4) is 0 Å². The number of benzene rings is 1. The number of rotatable bonds is 4. The van der Waals surface area contributed by atoms with Crippen molar-refractivity contribution in [2.24, 2.45) is 0 Å². The van der Waals surface area contributed by atoms with E-state index in [4.69, 9.17) is 27.9 Å². The van der Waals surface area contributed by atoms with Crippen LogP contribution in [0.15, 0.2) is 24.4 Å². The first-order chi connectivity index (χ1) is 10.6. The van der Waals surface area contributed by atoms with Crippen LogP contribution in [-0.4, -0.2) is 23.6 Å². The standard InChI is InChI=1S/C15H14Cl2N2O2S/c16-10-3-4-12(17)9(6-10)7-11-8-18-15(22-11)19-14(20)13-2-1-5-21-13/h3-4,6,8,13H,1-2,5,7H2,(H,18,19,20)/t13-/m1/s1. The summed E-state index contributed by atoms with van der Waals surface area (Å²) in [6.07, 6.45) is 3.71. The van der Waals surface area contributed by atoms with E-state index in [9.17, 15) is 4.79 Å². The molecule has 1 amide bonds. The molecule has 1 N–H and O–H groups in total. The van der Waals surface area contributed by atoms with E-state index in [1.165, 1.54) is 11.3 Å². The maximum atomic E-state index is 12.0. The zero-order valence-electron chi connectivity index (χ0n) is 11.6. The number of thiazole rings is 1. The Labute approximate surface area is 142 Å². The lowest BCUT2D eigenvalue weighted by atomic mass is 10.1. The van der Waals surface area contributed by atoms with Gasteiger partial charge in [0.15, 0.2) is 5.13 Å². The third kappa shape index (κ3) is 3.79. The minimum Gasteiger partial charge on any atom is -0.368 e. The summed E-state index contributed by atoms with van der Waals surface area (Å²) < 4.78 is 5.35. The highest BCUT2D eigenvalue weighted by Gasteiger charge is 2.24. The number of anilines is 1. The fourth-order valence-electron chi connectivity index (χ4n) is 2.28. The lowest BCUT2D eigenvalue weighted by molar-refractivity contribution is -0.124. The smallest absolute Gasteiger partial charge is 0.255 e. The van der Waals surface area contributed by atoms with E-state index in [0.717, 1.165) is 23.3 Å². The summed E-state index contributed by atoms with van der Waals surface area (Å²) >= 11 is 13.6. The highest BCUT2D eigenvalue weighted by Crippen LogP contribution is 2.27. The molecule has 2 aromatic rings. The molecule has 22 heavy (non-hydrogen) atoms. The molecule has 0 spiro atoms. The highest BCUT2D eigenvalue weighted by molar-refractivity contribution is 7.15. The fraction of sp³-hybridized carbons (Fsp3) is 0.333. The molecule has 1 saturated heterocycles. The Morgan fingerprint density at radius 3 is 3.09 bits per heavy atom. The average molecular weight is 357 g/mol. The molecule has 1 aliphatic rings. The van der Waals surface area contributed by atoms with Gasteiger partial charge in [0.2, 0.25) is 0 Å². The van der Waals surface area contributed by atoms with Gasteiger partial charge >= 0.3 is 0 Å². The third-order valence-corrected chi connectivity index (χ3v) is 4.89. The van der Waals surface area contributed by atoms with E-state index >= 15 is 0 Å². The summed E-state index contributed by atoms with van der Waals surface area (Å²) in [7, 11) is 0. The topological polar surface area (TPSA) is 51.2 Å². The number of aromatic nitrogens is 1. The lowest BCUT2D eigenvalue weighted by Crippen LogP contribution is -2.26. The molecule has 1 fully saturated rings. The van der Waals surface area contributed by atoms with Crippen LogP contribution in [0.4, 0.5) is 5.13 Å². The van der Waals surface area contributed by atoms with Gasteiger partial charge < -0.3 is 4.74 Å². The van der Waals surface area contributed by atoms with E-state index in [1.807, 2.05) is 6.07 Å². The van der Waals surface area contributed by atoms with Gasteiger partial charge in [-0.05, 0) is 36.6 Å². The molecule has 0 saturated carbocycles. The molecule has 2 heterocycles. The monoisotopic (exact) mass is 356 g/mol. The largest absolute Gasteiger partial charge is 0.368 e. The van der Waals surface area contributed by atoms with Crippen molar-refractivity contribution >= 4 is 45.6 Å². The number of carbonyl (C=O) groups excluding carboxylic acids is 1. The maximum Gasteiger partial charge on any atom is 0.255 e. The molecule has 0 bridgehead atoms. The van der Waals surface area contributed by atoms with Crippen molar-refractivity contribution in [1.29, 1.82) is 0 Å². The molecule has 1 atom stereocenters. The zero-order valence-corrected chi connectivity index (χ0v) is 14.0. The van der Waals surface area contributed by atoms with Crippen molar-refractivity contribution in [2.45, 2.75) is 25.4 Å². The number of halogens is 2. The summed E-state index contributed by atoms with van der Waals surface area (Å²) in [5, 5.41) is 4.70. The van der Waals surface area contributed by atoms with Gasteiger partial charge in [-0.1, -0.05) is 23.2 Å². The van der Waals surface area contributed by atoms with Crippen LogP contribution in [0.1, 0.15) is 23.3 Å². The predicted octanol–water partition coefficient (Wildman–Crippen LogP) is 4.16. The Hall–Kier alpha value is -1.14. The van der Waals surface area contributed by atoms with Crippen LogP contribution in [-0.2, 0) is 16.0 Å². The van der Waals surface area contributed by atoms with Crippen molar-refractivity contribution in [3.8, 4) is 0 Å². The van der Waals surface area contributed by atoms with Crippen LogP contribution < -0.4 is 5.32 Å². The predicted molar refractivity (Wildman–Crippen MR) is 89.0 cm³/mol. The molecule has 0 unspecified atom stereocenters. The van der Waals surface area contributed by atoms with Crippen LogP contribution in [0, 0.1) is 0 Å². The molecular formula is C15H14Cl2N2O2S. The van der Waals surface area contributed by atoms with Crippen molar-refractivity contribution < 1.29 is 9.53 Å². The Bertz CT molecular complexity index is 684. The maximum absolute atomic E-state index is 12.0. The van der Waals surface area contributed by atoms with Gasteiger partial charge in [-0.25, -0.2) is 4.98 Å². The average Bonchev–Trinajstić information content (AvgIpc) is 3.14. The van der Waals surface area contributed by atoms with Gasteiger partial charge in [-0.2, -0.15) is 0 Å². The summed E-state index contributed by atoms with van der Waals surface area (Å²) in [5.74, 6) is -0.126. The number of ether oxygens (including phenoxy) is 1. The lowest BCUT2D eigenvalue weighted by Gasteiger charge is -2.07. The minimum atomic E-state index is -0.352. The minimum absolute atomic E-state index is 0.126. The first-order valence-corrected chi connectivity index (χ1v) is 8.50. The Morgan fingerprint density at radius 2 is 2.32 bits per heavy atom. The Kier molecular flexibility index (Phi) is 4.98. The van der Waals surface area contributed by atoms with Crippen LogP contribution in [0.2, 0.25) is 10.0 Å². The molecular weight excluding hydrogens is 343 g/mol. The summed E-state index contributed by atoms with van der Waals surface area (Å²) in [6.45, 7) is 0.647. The van der Waals surface area contributed by atoms with E-state index in [2.05, 4.69) is 10.3 Å². The molecule has 1 aromatic carbocycles. The van der Waals surface area contributed by atoms with E-state index in [-0.39, 0.29) is 12.0 Å². The first kappa shape index (κ1) is 15.7. The second-order valence-corrected chi connectivity index (χ2v) is 6.99. The van der Waals surface area contributed by atoms with Gasteiger partial charge in [-0.3, -0.25) is 10.1 Å². The van der Waals surface area contributed by atoms with Gasteiger partial charge in [0, 0.05) is 34.1 Å². The molecule has 7 heteroatoms. The number of nitrogens with zero attached hydrogens (tertiary/aromatic N) is 1. The number of carbonyl (C=O) groups is 1. The molecule has 1 aromatic heterocycles. The second-order valence-electron chi connectivity index (χ2n) is 5.04. The summed E-state index contributed by atoms with van der Waals surface area (Å²) in [5.41, 5.74) is 0.940. The number of hydrogen-bond acceptors (Lipinski definition) is 4. The molecule has 0 radical (unpaired) electrons. The number of nitrogens with one attached hydrogen (secondary N) is 1. The molecule has 4 nitrogen and oxygen atoms in total. The Morgan fingerprint density at radius 1 is 1.45 bits per heavy atom. The first-order valence-electron chi connectivity index (χ1n) is 6.93. The number of amides is 1. The summed E-state index contributed by atoms with van der Waals surface area (Å²) in [4.78, 5) is 17.2. The summed E-state index contributed by atoms with van der Waals surface area (Å²) in [6, 6.07) is 5.38. The van der Waals surface area contributed by atoms with Crippen LogP contribution in [0.25, 0.3) is 0 Å². The van der Waals surface area contributed by atoms with Crippen molar-refractivity contribution in [2.75, 3.05) is 11.9 Å². The van der Waals surface area contributed by atoms with Crippen LogP contribution in [0.5, 0.6) is 0 Å². The molecule has 3 rings (SSSR count).